The van der Waals surface area contributed by atoms with Crippen LogP contribution >= 0.6 is 0 Å². The Hall–Kier alpha value is -4.59. The predicted octanol–water partition coefficient (Wildman–Crippen LogP) is 6.82. The van der Waals surface area contributed by atoms with Crippen molar-refractivity contribution >= 4 is 46.2 Å². The van der Waals surface area contributed by atoms with E-state index in [1.807, 2.05) is 65.8 Å². The van der Waals surface area contributed by atoms with Crippen molar-refractivity contribution in [2.75, 3.05) is 0 Å². The Labute approximate surface area is 275 Å². The number of hydrogen-bond donors (Lipinski definition) is 0. The second-order valence-electron chi connectivity index (χ2n) is 13.1. The Morgan fingerprint density at radius 2 is 0.729 bits per heavy atom. The third-order valence-corrected chi connectivity index (χ3v) is 9.55. The van der Waals surface area contributed by atoms with Gasteiger partial charge in [0, 0.05) is 0 Å². The van der Waals surface area contributed by atoms with Gasteiger partial charge in [0.25, 0.3) is 13.4 Å². The van der Waals surface area contributed by atoms with Crippen molar-refractivity contribution in [3.63, 3.8) is 0 Å². The summed E-state index contributed by atoms with van der Waals surface area (Å²) in [6, 6.07) is 18.6. The average Bonchev–Trinajstić information content (AvgIpc) is 2.97. The summed E-state index contributed by atoms with van der Waals surface area (Å²) in [6.07, 6.45) is -9.13. The van der Waals surface area contributed by atoms with Crippen LogP contribution in [0.25, 0.3) is 0 Å². The van der Waals surface area contributed by atoms with Gasteiger partial charge in [-0.15, -0.1) is 0 Å². The molecule has 2 heterocycles. The quantitative estimate of drug-likeness (QED) is 0.151. The molecule has 0 atom stereocenters. The highest BCUT2D eigenvalue weighted by molar-refractivity contribution is 6.99. The first-order valence-corrected chi connectivity index (χ1v) is 15.6. The molecular weight excluding hydrogens is 624 g/mol. The maximum atomic E-state index is 14.0. The molecule has 2 aliphatic rings. The highest BCUT2D eigenvalue weighted by Gasteiger charge is 2.42. The second-order valence-corrected chi connectivity index (χ2v) is 13.1. The van der Waals surface area contributed by atoms with Gasteiger partial charge in [-0.3, -0.25) is 0 Å². The van der Waals surface area contributed by atoms with Gasteiger partial charge in [-0.1, -0.05) is 80.7 Å². The van der Waals surface area contributed by atoms with E-state index < -0.39 is 36.9 Å². The van der Waals surface area contributed by atoms with E-state index in [-0.39, 0.29) is 11.5 Å². The minimum Gasteiger partial charge on any atom is -0.458 e. The lowest BCUT2D eigenvalue weighted by Gasteiger charge is -2.34. The van der Waals surface area contributed by atoms with Crippen LogP contribution in [0.1, 0.15) is 44.5 Å². The normalized spacial score (nSPS) is 13.7. The molecule has 0 N–H and O–H groups in total. The molecule has 5 aromatic carbocycles. The summed E-state index contributed by atoms with van der Waals surface area (Å²) in [5.74, 6) is 1.40. The fourth-order valence-corrected chi connectivity index (χ4v) is 7.79. The largest absolute Gasteiger partial charge is 0.458 e. The first-order chi connectivity index (χ1) is 22.5. The van der Waals surface area contributed by atoms with Crippen molar-refractivity contribution in [1.82, 2.24) is 0 Å². The van der Waals surface area contributed by atoms with Crippen LogP contribution in [-0.4, -0.2) is 13.4 Å². The second kappa shape index (κ2) is 11.0. The first-order valence-electron chi connectivity index (χ1n) is 15.6. The number of benzene rings is 5. The van der Waals surface area contributed by atoms with E-state index in [2.05, 4.69) is 0 Å². The van der Waals surface area contributed by atoms with Crippen molar-refractivity contribution in [2.45, 2.75) is 53.9 Å². The smallest absolute Gasteiger partial charge is 0.416 e. The zero-order valence-corrected chi connectivity index (χ0v) is 27.2. The molecule has 2 nitrogen and oxygen atoms in total. The Kier molecular flexibility index (Phi) is 7.31. The van der Waals surface area contributed by atoms with Crippen LogP contribution in [0.5, 0.6) is 23.0 Å². The number of aryl methyl sites for hydroxylation is 6. The van der Waals surface area contributed by atoms with E-state index >= 15 is 0 Å². The fourth-order valence-electron chi connectivity index (χ4n) is 7.79. The summed E-state index contributed by atoms with van der Waals surface area (Å²) in [5.41, 5.74) is 7.86. The van der Waals surface area contributed by atoms with Crippen LogP contribution in [0.15, 0.2) is 72.8 Å². The van der Waals surface area contributed by atoms with Gasteiger partial charge in [-0.2, -0.15) is 26.3 Å². The van der Waals surface area contributed by atoms with Crippen molar-refractivity contribution in [3.05, 3.63) is 117 Å². The lowest BCUT2D eigenvalue weighted by atomic mass is 9.32. The molecule has 0 amide bonds. The highest BCUT2D eigenvalue weighted by atomic mass is 19.4. The summed E-state index contributed by atoms with van der Waals surface area (Å²) in [4.78, 5) is 0. The highest BCUT2D eigenvalue weighted by Crippen LogP contribution is 2.36. The molecule has 7 rings (SSSR count). The number of halogens is 6. The molecular formula is C38H30B2F6O2. The van der Waals surface area contributed by atoms with E-state index in [1.165, 1.54) is 12.1 Å². The Bertz CT molecular complexity index is 1950. The monoisotopic (exact) mass is 654 g/mol. The van der Waals surface area contributed by atoms with Gasteiger partial charge in [0.2, 0.25) is 0 Å². The third kappa shape index (κ3) is 5.26. The molecule has 242 valence electrons. The summed E-state index contributed by atoms with van der Waals surface area (Å²) in [6.45, 7) is 10.5. The molecule has 48 heavy (non-hydrogen) atoms. The maximum absolute atomic E-state index is 14.0. The van der Waals surface area contributed by atoms with E-state index in [0.29, 0.717) is 33.4 Å². The molecule has 0 unspecified atom stereocenters. The maximum Gasteiger partial charge on any atom is 0.416 e. The van der Waals surface area contributed by atoms with Crippen LogP contribution in [0.4, 0.5) is 26.3 Å². The van der Waals surface area contributed by atoms with E-state index in [4.69, 9.17) is 9.47 Å². The van der Waals surface area contributed by atoms with Crippen molar-refractivity contribution in [1.29, 1.82) is 0 Å². The Morgan fingerprint density at radius 1 is 0.417 bits per heavy atom. The molecule has 0 saturated heterocycles. The number of hydrogen-bond acceptors (Lipinski definition) is 2. The SMILES string of the molecule is Cc1cc(C)c(B2c3cc(C(F)(F)F)ccc3Oc3cc4c(cc32)Oc2ccc(C(F)(F)F)cc2B4c2c(C)cc(C)cc2C)c(C)c1. The zero-order chi connectivity index (χ0) is 34.4. The molecule has 5 aromatic rings. The van der Waals surface area contributed by atoms with Crippen molar-refractivity contribution in [2.24, 2.45) is 0 Å². The number of alkyl halides is 6. The van der Waals surface area contributed by atoms with Crippen molar-refractivity contribution < 1.29 is 35.8 Å². The van der Waals surface area contributed by atoms with Crippen LogP contribution in [0, 0.1) is 41.5 Å². The van der Waals surface area contributed by atoms with Gasteiger partial charge in [0.15, 0.2) is 0 Å². The molecule has 2 aliphatic heterocycles. The third-order valence-electron chi connectivity index (χ3n) is 9.55. The first kappa shape index (κ1) is 32.0. The van der Waals surface area contributed by atoms with E-state index in [0.717, 1.165) is 68.6 Å². The molecule has 0 bridgehead atoms. The minimum absolute atomic E-state index is 0.288. The van der Waals surface area contributed by atoms with E-state index in [1.54, 1.807) is 12.1 Å². The van der Waals surface area contributed by atoms with Crippen molar-refractivity contribution in [3.8, 4) is 23.0 Å². The van der Waals surface area contributed by atoms with Gasteiger partial charge in [-0.05, 0) is 99.8 Å². The van der Waals surface area contributed by atoms with Gasteiger partial charge in [0.05, 0.1) is 11.1 Å². The molecule has 0 radical (unpaired) electrons. The predicted molar refractivity (Wildman–Crippen MR) is 180 cm³/mol. The zero-order valence-electron chi connectivity index (χ0n) is 27.2. The van der Waals surface area contributed by atoms with Crippen LogP contribution in [0.2, 0.25) is 0 Å². The number of fused-ring (bicyclic) bond motifs is 4. The summed E-state index contributed by atoms with van der Waals surface area (Å²) in [5, 5.41) is 0. The van der Waals surface area contributed by atoms with Gasteiger partial charge >= 0.3 is 12.4 Å². The number of ether oxygens (including phenoxy) is 2. The number of rotatable bonds is 2. The fraction of sp³-hybridized carbons (Fsp3) is 0.211. The van der Waals surface area contributed by atoms with Gasteiger partial charge in [0.1, 0.15) is 23.0 Å². The van der Waals surface area contributed by atoms with Gasteiger partial charge < -0.3 is 9.47 Å². The minimum atomic E-state index is -4.56. The lowest BCUT2D eigenvalue weighted by molar-refractivity contribution is -0.138. The van der Waals surface area contributed by atoms with Gasteiger partial charge in [-0.25, -0.2) is 0 Å². The lowest BCUT2D eigenvalue weighted by Crippen LogP contribution is -2.59. The molecule has 10 heteroatoms. The van der Waals surface area contributed by atoms with Crippen LogP contribution < -0.4 is 42.3 Å². The Balaban J connectivity index is 1.51. The standard InChI is InChI=1S/C38H30B2F6O2/c1-19-11-21(3)35(22(4)12-19)39-27-15-25(37(41,42)43)7-9-31(27)47-33-18-30-34(17-29(33)39)48-32-10-8-26(38(44,45)46)16-28(32)40(30)36-23(5)13-20(2)14-24(36)6/h7-18H,1-6H3. The molecule has 0 fully saturated rings. The average molecular weight is 654 g/mol. The molecule has 0 aromatic heterocycles. The van der Waals surface area contributed by atoms with Crippen LogP contribution in [0.3, 0.4) is 0 Å². The molecule has 0 saturated carbocycles. The molecule has 0 aliphatic carbocycles. The topological polar surface area (TPSA) is 18.5 Å². The van der Waals surface area contributed by atoms with Crippen LogP contribution in [-0.2, 0) is 12.4 Å². The summed E-state index contributed by atoms with van der Waals surface area (Å²) >= 11 is 0. The van der Waals surface area contributed by atoms with E-state index in [9.17, 15) is 26.3 Å². The summed E-state index contributed by atoms with van der Waals surface area (Å²) in [7, 11) is 0. The molecule has 0 spiro atoms. The summed E-state index contributed by atoms with van der Waals surface area (Å²) < 4.78 is 96.9. The Morgan fingerprint density at radius 3 is 1.04 bits per heavy atom.